The molecule has 0 aliphatic heterocycles. The van der Waals surface area contributed by atoms with E-state index in [1.807, 2.05) is 0 Å². The summed E-state index contributed by atoms with van der Waals surface area (Å²) in [4.78, 5) is 6.21. The summed E-state index contributed by atoms with van der Waals surface area (Å²) in [6.07, 6.45) is 1.35. The van der Waals surface area contributed by atoms with Crippen LogP contribution in [0, 0.1) is 0 Å². The van der Waals surface area contributed by atoms with Gasteiger partial charge in [0.15, 0.2) is 5.69 Å². The standard InChI is InChI=1S/C4H4N6O/c11-4-2(5-1-6-4)3-7-9-10-8-3/h1,11H,(H,5,6)(H,7,8,9,10). The smallest absolute Gasteiger partial charge is 0.240 e. The number of tetrazole rings is 1. The number of aromatic nitrogens is 6. The molecule has 56 valence electrons. The molecule has 0 spiro atoms. The summed E-state index contributed by atoms with van der Waals surface area (Å²) in [5.74, 6) is 0.159. The van der Waals surface area contributed by atoms with Gasteiger partial charge in [-0.15, -0.1) is 10.2 Å². The zero-order chi connectivity index (χ0) is 7.68. The number of hydrogen-bond donors (Lipinski definition) is 3. The van der Waals surface area contributed by atoms with Crippen LogP contribution in [-0.4, -0.2) is 35.7 Å². The Kier molecular flexibility index (Phi) is 1.08. The summed E-state index contributed by atoms with van der Waals surface area (Å²) in [6.45, 7) is 0. The molecule has 0 aliphatic carbocycles. The molecule has 0 aromatic carbocycles. The molecular formula is C4H4N6O. The Labute approximate surface area is 60.5 Å². The minimum absolute atomic E-state index is 0.133. The normalized spacial score (nSPS) is 10.2. The molecule has 0 saturated carbocycles. The Bertz CT molecular complexity index is 337. The second-order valence-electron chi connectivity index (χ2n) is 1.84. The monoisotopic (exact) mass is 152 g/mol. The molecule has 0 atom stereocenters. The lowest BCUT2D eigenvalue weighted by atomic mass is 10.4. The lowest BCUT2D eigenvalue weighted by Crippen LogP contribution is -1.80. The van der Waals surface area contributed by atoms with Gasteiger partial charge in [-0.05, 0) is 5.21 Å². The number of hydrogen-bond acceptors (Lipinski definition) is 5. The van der Waals surface area contributed by atoms with Gasteiger partial charge in [-0.1, -0.05) is 0 Å². The Balaban J connectivity index is 2.53. The molecule has 2 heterocycles. The summed E-state index contributed by atoms with van der Waals surface area (Å²) >= 11 is 0. The third-order valence-electron chi connectivity index (χ3n) is 1.19. The fourth-order valence-electron chi connectivity index (χ4n) is 0.719. The van der Waals surface area contributed by atoms with Gasteiger partial charge in [0.1, 0.15) is 0 Å². The molecule has 0 bridgehead atoms. The van der Waals surface area contributed by atoms with Crippen LogP contribution in [0.1, 0.15) is 0 Å². The second-order valence-corrected chi connectivity index (χ2v) is 1.84. The molecule has 7 nitrogen and oxygen atoms in total. The van der Waals surface area contributed by atoms with Crippen molar-refractivity contribution in [2.24, 2.45) is 0 Å². The first kappa shape index (κ1) is 5.83. The zero-order valence-electron chi connectivity index (χ0n) is 5.31. The third-order valence-corrected chi connectivity index (χ3v) is 1.19. The van der Waals surface area contributed by atoms with Crippen LogP contribution in [0.4, 0.5) is 0 Å². The van der Waals surface area contributed by atoms with E-state index < -0.39 is 0 Å². The molecule has 2 rings (SSSR count). The van der Waals surface area contributed by atoms with Gasteiger partial charge in [0, 0.05) is 0 Å². The zero-order valence-corrected chi connectivity index (χ0v) is 5.31. The molecule has 0 aliphatic rings. The van der Waals surface area contributed by atoms with Crippen LogP contribution in [0.15, 0.2) is 6.33 Å². The van der Waals surface area contributed by atoms with E-state index in [9.17, 15) is 0 Å². The van der Waals surface area contributed by atoms with Crippen molar-refractivity contribution in [2.45, 2.75) is 0 Å². The van der Waals surface area contributed by atoms with Crippen molar-refractivity contribution in [3.63, 3.8) is 0 Å². The first-order chi connectivity index (χ1) is 5.38. The minimum Gasteiger partial charge on any atom is -0.492 e. The lowest BCUT2D eigenvalue weighted by Gasteiger charge is -1.85. The summed E-state index contributed by atoms with van der Waals surface area (Å²) in [5, 5.41) is 21.9. The van der Waals surface area contributed by atoms with Crippen LogP contribution in [0.3, 0.4) is 0 Å². The van der Waals surface area contributed by atoms with Gasteiger partial charge in [-0.2, -0.15) is 5.21 Å². The number of aromatic amines is 2. The summed E-state index contributed by atoms with van der Waals surface area (Å²) in [6, 6.07) is 0. The van der Waals surface area contributed by atoms with E-state index in [1.54, 1.807) is 0 Å². The van der Waals surface area contributed by atoms with Gasteiger partial charge in [0.25, 0.3) is 0 Å². The predicted octanol–water partition coefficient (Wildman–Crippen LogP) is -0.705. The molecule has 0 fully saturated rings. The van der Waals surface area contributed by atoms with E-state index in [4.69, 9.17) is 5.11 Å². The Hall–Kier alpha value is -1.92. The molecular weight excluding hydrogens is 148 g/mol. The minimum atomic E-state index is -0.133. The van der Waals surface area contributed by atoms with Crippen LogP contribution in [0.5, 0.6) is 5.88 Å². The van der Waals surface area contributed by atoms with Gasteiger partial charge >= 0.3 is 0 Å². The molecule has 3 N–H and O–H groups in total. The summed E-state index contributed by atoms with van der Waals surface area (Å²) < 4.78 is 0. The highest BCUT2D eigenvalue weighted by Gasteiger charge is 2.09. The summed E-state index contributed by atoms with van der Waals surface area (Å²) in [7, 11) is 0. The van der Waals surface area contributed by atoms with Gasteiger partial charge in [-0.25, -0.2) is 4.98 Å². The quantitative estimate of drug-likeness (QED) is 0.501. The average Bonchev–Trinajstić information content (AvgIpc) is 2.55. The van der Waals surface area contributed by atoms with Crippen molar-refractivity contribution < 1.29 is 5.11 Å². The van der Waals surface area contributed by atoms with E-state index in [0.717, 1.165) is 0 Å². The van der Waals surface area contributed by atoms with E-state index in [0.29, 0.717) is 11.5 Å². The van der Waals surface area contributed by atoms with Gasteiger partial charge in [-0.3, -0.25) is 0 Å². The van der Waals surface area contributed by atoms with Gasteiger partial charge in [0.2, 0.25) is 11.7 Å². The van der Waals surface area contributed by atoms with E-state index in [1.165, 1.54) is 6.33 Å². The van der Waals surface area contributed by atoms with Crippen LogP contribution in [-0.2, 0) is 0 Å². The van der Waals surface area contributed by atoms with Crippen molar-refractivity contribution in [1.82, 2.24) is 30.6 Å². The topological polar surface area (TPSA) is 103 Å². The summed E-state index contributed by atoms with van der Waals surface area (Å²) in [5.41, 5.74) is 0.360. The maximum atomic E-state index is 9.06. The first-order valence-corrected chi connectivity index (χ1v) is 2.84. The van der Waals surface area contributed by atoms with Crippen LogP contribution in [0.2, 0.25) is 0 Å². The van der Waals surface area contributed by atoms with Crippen molar-refractivity contribution in [3.8, 4) is 17.4 Å². The first-order valence-electron chi connectivity index (χ1n) is 2.84. The van der Waals surface area contributed by atoms with Crippen LogP contribution >= 0.6 is 0 Å². The average molecular weight is 152 g/mol. The fourth-order valence-corrected chi connectivity index (χ4v) is 0.719. The number of nitrogens with one attached hydrogen (secondary N) is 2. The third kappa shape index (κ3) is 0.820. The van der Waals surface area contributed by atoms with E-state index in [2.05, 4.69) is 30.6 Å². The van der Waals surface area contributed by atoms with Gasteiger partial charge in [0.05, 0.1) is 6.33 Å². The predicted molar refractivity (Wildman–Crippen MR) is 33.4 cm³/mol. The maximum Gasteiger partial charge on any atom is 0.240 e. The van der Waals surface area contributed by atoms with Crippen molar-refractivity contribution >= 4 is 0 Å². The van der Waals surface area contributed by atoms with Gasteiger partial charge < -0.3 is 10.1 Å². The number of nitrogens with zero attached hydrogens (tertiary/aromatic N) is 4. The highest BCUT2D eigenvalue weighted by molar-refractivity contribution is 5.53. The van der Waals surface area contributed by atoms with E-state index in [-0.39, 0.29) is 5.88 Å². The number of rotatable bonds is 1. The maximum absolute atomic E-state index is 9.06. The highest BCUT2D eigenvalue weighted by atomic mass is 16.3. The number of imidazole rings is 1. The van der Waals surface area contributed by atoms with Crippen molar-refractivity contribution in [3.05, 3.63) is 6.33 Å². The second kappa shape index (κ2) is 2.04. The molecule has 2 aromatic rings. The molecule has 0 radical (unpaired) electrons. The van der Waals surface area contributed by atoms with E-state index >= 15 is 0 Å². The number of aromatic hydroxyl groups is 1. The SMILES string of the molecule is Oc1nc[nH]c1-c1nn[nH]n1. The van der Waals surface area contributed by atoms with Crippen molar-refractivity contribution in [1.29, 1.82) is 0 Å². The highest BCUT2D eigenvalue weighted by Crippen LogP contribution is 2.19. The molecule has 2 aromatic heterocycles. The van der Waals surface area contributed by atoms with Crippen LogP contribution < -0.4 is 0 Å². The Morgan fingerprint density at radius 3 is 2.91 bits per heavy atom. The molecule has 0 saturated heterocycles. The number of H-pyrrole nitrogens is 2. The molecule has 0 unspecified atom stereocenters. The molecule has 0 amide bonds. The lowest BCUT2D eigenvalue weighted by molar-refractivity contribution is 0.458. The molecule has 7 heteroatoms. The fraction of sp³-hybridized carbons (Fsp3) is 0. The van der Waals surface area contributed by atoms with Crippen molar-refractivity contribution in [2.75, 3.05) is 0 Å². The largest absolute Gasteiger partial charge is 0.492 e. The Morgan fingerprint density at radius 1 is 1.45 bits per heavy atom. The van der Waals surface area contributed by atoms with Crippen LogP contribution in [0.25, 0.3) is 11.5 Å². The Morgan fingerprint density at radius 2 is 2.36 bits per heavy atom. The molecule has 11 heavy (non-hydrogen) atoms.